The van der Waals surface area contributed by atoms with Gasteiger partial charge in [-0.1, -0.05) is 23.7 Å². The molecule has 152 valence electrons. The van der Waals surface area contributed by atoms with Gasteiger partial charge in [0.25, 0.3) is 0 Å². The molecule has 6 nitrogen and oxygen atoms in total. The highest BCUT2D eigenvalue weighted by molar-refractivity contribution is 6.30. The third-order valence-corrected chi connectivity index (χ3v) is 5.59. The highest BCUT2D eigenvalue weighted by Crippen LogP contribution is 2.27. The van der Waals surface area contributed by atoms with Gasteiger partial charge >= 0.3 is 0 Å². The van der Waals surface area contributed by atoms with Crippen molar-refractivity contribution in [3.63, 3.8) is 0 Å². The summed E-state index contributed by atoms with van der Waals surface area (Å²) in [7, 11) is 0. The van der Waals surface area contributed by atoms with Crippen molar-refractivity contribution in [1.29, 1.82) is 0 Å². The third-order valence-electron chi connectivity index (χ3n) is 5.35. The van der Waals surface area contributed by atoms with Gasteiger partial charge in [0.05, 0.1) is 17.8 Å². The van der Waals surface area contributed by atoms with Crippen LogP contribution in [0.15, 0.2) is 40.9 Å². The average molecular weight is 413 g/mol. The van der Waals surface area contributed by atoms with E-state index in [1.807, 2.05) is 49.1 Å². The van der Waals surface area contributed by atoms with Gasteiger partial charge in [-0.25, -0.2) is 4.98 Å². The van der Waals surface area contributed by atoms with Gasteiger partial charge in [-0.05, 0) is 50.5 Å². The van der Waals surface area contributed by atoms with Gasteiger partial charge in [0.1, 0.15) is 12.3 Å². The molecule has 0 radical (unpaired) electrons. The molecule has 0 aliphatic carbocycles. The molecule has 0 spiro atoms. The van der Waals surface area contributed by atoms with E-state index in [1.54, 1.807) is 10.9 Å². The summed E-state index contributed by atoms with van der Waals surface area (Å²) < 4.78 is 7.80. The molecule has 1 atom stereocenters. The second-order valence-corrected chi connectivity index (χ2v) is 8.17. The standard InChI is InChI=1S/C22H25ClN4O2/c1-15-9-16(2)27(25-15)14-21(28)26-8-4-6-18(13-26)22-24-12-20(29-22)11-17-5-3-7-19(23)10-17/h3,5,7,9-10,12,18H,4,6,8,11,13-14H2,1-2H3/t18-/m1/s1. The SMILES string of the molecule is Cc1cc(C)n(CC(=O)N2CCC[C@@H](c3ncc(Cc4cccc(Cl)c4)o3)C2)n1. The third kappa shape index (κ3) is 4.70. The zero-order valence-electron chi connectivity index (χ0n) is 16.8. The number of carbonyl (C=O) groups excluding carboxylic acids is 1. The number of rotatable bonds is 5. The Morgan fingerprint density at radius 3 is 2.93 bits per heavy atom. The number of hydrogen-bond donors (Lipinski definition) is 0. The second kappa shape index (κ2) is 8.41. The molecule has 0 N–H and O–H groups in total. The Morgan fingerprint density at radius 2 is 2.17 bits per heavy atom. The maximum Gasteiger partial charge on any atom is 0.244 e. The number of aromatic nitrogens is 3. The van der Waals surface area contributed by atoms with E-state index in [2.05, 4.69) is 10.1 Å². The van der Waals surface area contributed by atoms with Crippen LogP contribution in [0.2, 0.25) is 5.02 Å². The molecule has 0 unspecified atom stereocenters. The number of oxazole rings is 1. The highest BCUT2D eigenvalue weighted by atomic mass is 35.5. The predicted molar refractivity (Wildman–Crippen MR) is 111 cm³/mol. The number of likely N-dealkylation sites (tertiary alicyclic amines) is 1. The molecule has 29 heavy (non-hydrogen) atoms. The van der Waals surface area contributed by atoms with Gasteiger partial charge < -0.3 is 9.32 Å². The number of halogens is 1. The van der Waals surface area contributed by atoms with Crippen molar-refractivity contribution in [2.45, 2.75) is 45.6 Å². The van der Waals surface area contributed by atoms with Crippen LogP contribution in [0.25, 0.3) is 0 Å². The van der Waals surface area contributed by atoms with Crippen LogP contribution >= 0.6 is 11.6 Å². The molecule has 7 heteroatoms. The number of carbonyl (C=O) groups is 1. The zero-order chi connectivity index (χ0) is 20.4. The quantitative estimate of drug-likeness (QED) is 0.631. The Balaban J connectivity index is 1.40. The zero-order valence-corrected chi connectivity index (χ0v) is 17.5. The number of amides is 1. The summed E-state index contributed by atoms with van der Waals surface area (Å²) in [6.07, 6.45) is 4.36. The molecule has 3 aromatic rings. The number of piperidine rings is 1. The Bertz CT molecular complexity index is 1010. The molecule has 0 saturated carbocycles. The number of nitrogens with zero attached hydrogens (tertiary/aromatic N) is 4. The molecule has 1 aliphatic heterocycles. The van der Waals surface area contributed by atoms with Crippen LogP contribution in [-0.4, -0.2) is 38.7 Å². The van der Waals surface area contributed by atoms with Gasteiger partial charge in [-0.2, -0.15) is 5.10 Å². The molecule has 3 heterocycles. The Hall–Kier alpha value is -2.60. The summed E-state index contributed by atoms with van der Waals surface area (Å²) in [5, 5.41) is 5.11. The molecule has 0 bridgehead atoms. The first kappa shape index (κ1) is 19.7. The van der Waals surface area contributed by atoms with Gasteiger partial charge in [0.2, 0.25) is 5.91 Å². The Labute approximate surface area is 175 Å². The largest absolute Gasteiger partial charge is 0.445 e. The lowest BCUT2D eigenvalue weighted by Crippen LogP contribution is -2.41. The molecule has 1 aliphatic rings. The number of hydrogen-bond acceptors (Lipinski definition) is 4. The fourth-order valence-corrected chi connectivity index (χ4v) is 4.12. The fourth-order valence-electron chi connectivity index (χ4n) is 3.91. The maximum atomic E-state index is 12.8. The first-order chi connectivity index (χ1) is 14.0. The Morgan fingerprint density at radius 1 is 1.31 bits per heavy atom. The lowest BCUT2D eigenvalue weighted by molar-refractivity contribution is -0.133. The molecule has 2 aromatic heterocycles. The van der Waals surface area contributed by atoms with Crippen molar-refractivity contribution in [2.24, 2.45) is 0 Å². The van der Waals surface area contributed by atoms with Crippen LogP contribution in [0, 0.1) is 13.8 Å². The average Bonchev–Trinajstić information content (AvgIpc) is 3.28. The number of benzene rings is 1. The molecule has 1 amide bonds. The predicted octanol–water partition coefficient (Wildman–Crippen LogP) is 4.14. The van der Waals surface area contributed by atoms with Crippen molar-refractivity contribution in [1.82, 2.24) is 19.7 Å². The second-order valence-electron chi connectivity index (χ2n) is 7.74. The topological polar surface area (TPSA) is 64.2 Å². The number of aryl methyl sites for hydroxylation is 2. The Kier molecular flexibility index (Phi) is 5.72. The van der Waals surface area contributed by atoms with Crippen molar-refractivity contribution >= 4 is 17.5 Å². The van der Waals surface area contributed by atoms with Crippen molar-refractivity contribution < 1.29 is 9.21 Å². The van der Waals surface area contributed by atoms with Crippen molar-refractivity contribution in [3.05, 3.63) is 70.2 Å². The van der Waals surface area contributed by atoms with Crippen molar-refractivity contribution in [3.8, 4) is 0 Å². The van der Waals surface area contributed by atoms with E-state index < -0.39 is 0 Å². The fraction of sp³-hybridized carbons (Fsp3) is 0.409. The summed E-state index contributed by atoms with van der Waals surface area (Å²) in [4.78, 5) is 19.2. The highest BCUT2D eigenvalue weighted by Gasteiger charge is 2.28. The summed E-state index contributed by atoms with van der Waals surface area (Å²) in [6.45, 7) is 5.59. The maximum absolute atomic E-state index is 12.8. The molecule has 1 aromatic carbocycles. The summed E-state index contributed by atoms with van der Waals surface area (Å²) >= 11 is 6.06. The molecular formula is C22H25ClN4O2. The summed E-state index contributed by atoms with van der Waals surface area (Å²) in [5.74, 6) is 1.74. The van der Waals surface area contributed by atoms with Crippen LogP contribution in [0.1, 0.15) is 47.4 Å². The van der Waals surface area contributed by atoms with Crippen LogP contribution in [0.3, 0.4) is 0 Å². The van der Waals surface area contributed by atoms with E-state index in [4.69, 9.17) is 16.0 Å². The van der Waals surface area contributed by atoms with Crippen LogP contribution < -0.4 is 0 Å². The summed E-state index contributed by atoms with van der Waals surface area (Å²) in [6, 6.07) is 9.73. The molecule has 4 rings (SSSR count). The van der Waals surface area contributed by atoms with E-state index in [0.717, 1.165) is 42.1 Å². The van der Waals surface area contributed by atoms with Gasteiger partial charge in [-0.15, -0.1) is 0 Å². The van der Waals surface area contributed by atoms with E-state index in [0.29, 0.717) is 23.9 Å². The van der Waals surface area contributed by atoms with E-state index >= 15 is 0 Å². The normalized spacial score (nSPS) is 16.9. The molecular weight excluding hydrogens is 388 g/mol. The van der Waals surface area contributed by atoms with Crippen LogP contribution in [-0.2, 0) is 17.8 Å². The monoisotopic (exact) mass is 412 g/mol. The minimum atomic E-state index is 0.0895. The van der Waals surface area contributed by atoms with E-state index in [9.17, 15) is 4.79 Å². The van der Waals surface area contributed by atoms with Crippen LogP contribution in [0.4, 0.5) is 0 Å². The summed E-state index contributed by atoms with van der Waals surface area (Å²) in [5.41, 5.74) is 3.02. The van der Waals surface area contributed by atoms with E-state index in [1.165, 1.54) is 0 Å². The van der Waals surface area contributed by atoms with E-state index in [-0.39, 0.29) is 18.4 Å². The van der Waals surface area contributed by atoms with Gasteiger partial charge in [0, 0.05) is 30.2 Å². The molecule has 1 fully saturated rings. The molecule has 1 saturated heterocycles. The lowest BCUT2D eigenvalue weighted by atomic mass is 9.98. The lowest BCUT2D eigenvalue weighted by Gasteiger charge is -2.31. The first-order valence-electron chi connectivity index (χ1n) is 9.96. The van der Waals surface area contributed by atoms with Gasteiger partial charge in [-0.3, -0.25) is 9.48 Å². The van der Waals surface area contributed by atoms with Crippen molar-refractivity contribution in [2.75, 3.05) is 13.1 Å². The minimum Gasteiger partial charge on any atom is -0.445 e. The first-order valence-corrected chi connectivity index (χ1v) is 10.3. The minimum absolute atomic E-state index is 0.0895. The van der Waals surface area contributed by atoms with Gasteiger partial charge in [0.15, 0.2) is 5.89 Å². The smallest absolute Gasteiger partial charge is 0.244 e. The van der Waals surface area contributed by atoms with Crippen LogP contribution in [0.5, 0.6) is 0 Å².